The molecule has 5 heteroatoms. The molecule has 0 spiro atoms. The fourth-order valence-corrected chi connectivity index (χ4v) is 3.52. The molecule has 102 valence electrons. The van der Waals surface area contributed by atoms with Crippen molar-refractivity contribution in [3.63, 3.8) is 0 Å². The molecule has 2 amide bonds. The van der Waals surface area contributed by atoms with Crippen LogP contribution in [0.25, 0.3) is 0 Å². The number of benzene rings is 1. The Bertz CT molecular complexity index is 626. The summed E-state index contributed by atoms with van der Waals surface area (Å²) < 4.78 is 5.67. The van der Waals surface area contributed by atoms with Crippen LogP contribution in [0.5, 0.6) is 0 Å². The monoisotopic (exact) mass is 271 g/mol. The second-order valence-corrected chi connectivity index (χ2v) is 5.41. The number of rotatable bonds is 2. The summed E-state index contributed by atoms with van der Waals surface area (Å²) in [5.74, 6) is -1.65. The molecule has 0 aromatic heterocycles. The molecule has 1 aromatic rings. The largest absolute Gasteiger partial charge is 0.393 e. The molecule has 2 saturated heterocycles. The highest BCUT2D eigenvalue weighted by Gasteiger charge is 2.67. The predicted molar refractivity (Wildman–Crippen MR) is 69.7 cm³/mol. The highest BCUT2D eigenvalue weighted by Crippen LogP contribution is 2.52. The van der Waals surface area contributed by atoms with E-state index in [1.54, 1.807) is 36.4 Å². The van der Waals surface area contributed by atoms with Gasteiger partial charge in [0.1, 0.15) is 5.60 Å². The Hall–Kier alpha value is -1.98. The summed E-state index contributed by atoms with van der Waals surface area (Å²) in [5, 5.41) is 9.59. The van der Waals surface area contributed by atoms with Crippen molar-refractivity contribution < 1.29 is 19.4 Å². The number of carbonyl (C=O) groups is 2. The number of amides is 2. The van der Waals surface area contributed by atoms with Gasteiger partial charge in [0.2, 0.25) is 11.8 Å². The number of aliphatic hydroxyl groups is 1. The first-order valence-corrected chi connectivity index (χ1v) is 6.59. The van der Waals surface area contributed by atoms with Crippen LogP contribution >= 0.6 is 0 Å². The lowest BCUT2D eigenvalue weighted by Gasteiger charge is -2.26. The standard InChI is InChI=1S/C15H13NO4/c17-8-15-7-6-10(20-15)11-12(15)14(19)16(13(11)18)9-4-2-1-3-5-9/h1-7,10-12,17H,8H2/t10-,11-,12+,15-/m0/s1. The van der Waals surface area contributed by atoms with Crippen LogP contribution in [0.4, 0.5) is 5.69 Å². The van der Waals surface area contributed by atoms with Crippen molar-refractivity contribution in [3.8, 4) is 0 Å². The molecule has 0 radical (unpaired) electrons. The molecule has 1 N–H and O–H groups in total. The fourth-order valence-electron chi connectivity index (χ4n) is 3.52. The summed E-state index contributed by atoms with van der Waals surface area (Å²) >= 11 is 0. The zero-order chi connectivity index (χ0) is 13.9. The summed E-state index contributed by atoms with van der Waals surface area (Å²) in [6.45, 7) is -0.289. The fraction of sp³-hybridized carbons (Fsp3) is 0.333. The average molecular weight is 271 g/mol. The Morgan fingerprint density at radius 1 is 1.20 bits per heavy atom. The molecule has 4 atom stereocenters. The van der Waals surface area contributed by atoms with Gasteiger partial charge in [0, 0.05) is 0 Å². The van der Waals surface area contributed by atoms with Gasteiger partial charge in [-0.2, -0.15) is 0 Å². The Labute approximate surface area is 115 Å². The third kappa shape index (κ3) is 1.24. The van der Waals surface area contributed by atoms with E-state index in [2.05, 4.69) is 0 Å². The molecule has 1 aromatic carbocycles. The average Bonchev–Trinajstić information content (AvgIpc) is 3.11. The first kappa shape index (κ1) is 11.8. The van der Waals surface area contributed by atoms with Crippen molar-refractivity contribution in [3.05, 3.63) is 42.5 Å². The maximum atomic E-state index is 12.6. The molecule has 0 unspecified atom stereocenters. The van der Waals surface area contributed by atoms with Gasteiger partial charge in [0.05, 0.1) is 30.2 Å². The summed E-state index contributed by atoms with van der Waals surface area (Å²) in [7, 11) is 0. The zero-order valence-electron chi connectivity index (χ0n) is 10.6. The van der Waals surface area contributed by atoms with Crippen molar-refractivity contribution in [1.82, 2.24) is 0 Å². The van der Waals surface area contributed by atoms with Gasteiger partial charge in [-0.05, 0) is 12.1 Å². The van der Waals surface area contributed by atoms with Crippen LogP contribution in [0.15, 0.2) is 42.5 Å². The number of ether oxygens (including phenoxy) is 1. The van der Waals surface area contributed by atoms with Gasteiger partial charge in [0.25, 0.3) is 0 Å². The van der Waals surface area contributed by atoms with E-state index in [1.807, 2.05) is 6.07 Å². The van der Waals surface area contributed by atoms with Crippen LogP contribution in [0, 0.1) is 11.8 Å². The first-order valence-electron chi connectivity index (χ1n) is 6.59. The van der Waals surface area contributed by atoms with E-state index in [-0.39, 0.29) is 18.4 Å². The number of carbonyl (C=O) groups excluding carboxylic acids is 2. The van der Waals surface area contributed by atoms with Gasteiger partial charge in [-0.25, -0.2) is 4.90 Å². The van der Waals surface area contributed by atoms with Crippen LogP contribution in [-0.4, -0.2) is 35.2 Å². The van der Waals surface area contributed by atoms with Crippen molar-refractivity contribution in [2.45, 2.75) is 11.7 Å². The van der Waals surface area contributed by atoms with Crippen LogP contribution in [0.1, 0.15) is 0 Å². The van der Waals surface area contributed by atoms with Crippen molar-refractivity contribution >= 4 is 17.5 Å². The highest BCUT2D eigenvalue weighted by atomic mass is 16.5. The molecular weight excluding hydrogens is 258 g/mol. The van der Waals surface area contributed by atoms with Gasteiger partial charge in [-0.3, -0.25) is 9.59 Å². The number of fused-ring (bicyclic) bond motifs is 5. The van der Waals surface area contributed by atoms with E-state index in [9.17, 15) is 14.7 Å². The number of hydrogen-bond acceptors (Lipinski definition) is 4. The zero-order valence-corrected chi connectivity index (χ0v) is 10.6. The van der Waals surface area contributed by atoms with E-state index in [0.717, 1.165) is 0 Å². The highest BCUT2D eigenvalue weighted by molar-refractivity contribution is 6.23. The van der Waals surface area contributed by atoms with Gasteiger partial charge in [0.15, 0.2) is 0 Å². The number of anilines is 1. The minimum absolute atomic E-state index is 0.240. The second-order valence-electron chi connectivity index (χ2n) is 5.41. The van der Waals surface area contributed by atoms with Gasteiger partial charge in [-0.15, -0.1) is 0 Å². The molecule has 2 bridgehead atoms. The lowest BCUT2D eigenvalue weighted by atomic mass is 9.77. The van der Waals surface area contributed by atoms with E-state index in [4.69, 9.17) is 4.74 Å². The Kier molecular flexibility index (Phi) is 2.23. The Balaban J connectivity index is 1.79. The van der Waals surface area contributed by atoms with Crippen molar-refractivity contribution in [2.75, 3.05) is 11.5 Å². The van der Waals surface area contributed by atoms with E-state index < -0.39 is 23.5 Å². The Morgan fingerprint density at radius 3 is 2.65 bits per heavy atom. The molecular formula is C15H13NO4. The third-order valence-electron chi connectivity index (χ3n) is 4.42. The van der Waals surface area contributed by atoms with E-state index in [1.165, 1.54) is 4.90 Å². The predicted octanol–water partition coefficient (Wildman–Crippen LogP) is 0.492. The summed E-state index contributed by atoms with van der Waals surface area (Å²) in [6.07, 6.45) is 3.09. The van der Waals surface area contributed by atoms with E-state index >= 15 is 0 Å². The van der Waals surface area contributed by atoms with Crippen LogP contribution in [0.3, 0.4) is 0 Å². The minimum Gasteiger partial charge on any atom is -0.393 e. The number of hydrogen-bond donors (Lipinski definition) is 1. The SMILES string of the molecule is O=C1[C@H]2[C@@H]3C=C[C@@](CO)(O3)[C@H]2C(=O)N1c1ccccc1. The van der Waals surface area contributed by atoms with Crippen LogP contribution in [-0.2, 0) is 14.3 Å². The van der Waals surface area contributed by atoms with Crippen molar-refractivity contribution in [2.24, 2.45) is 11.8 Å². The van der Waals surface area contributed by atoms with E-state index in [0.29, 0.717) is 5.69 Å². The summed E-state index contributed by atoms with van der Waals surface area (Å²) in [6, 6.07) is 8.88. The summed E-state index contributed by atoms with van der Waals surface area (Å²) in [4.78, 5) is 26.4. The molecule has 0 saturated carbocycles. The quantitative estimate of drug-likeness (QED) is 0.628. The van der Waals surface area contributed by atoms with Gasteiger partial charge < -0.3 is 9.84 Å². The third-order valence-corrected chi connectivity index (χ3v) is 4.42. The smallest absolute Gasteiger partial charge is 0.241 e. The maximum absolute atomic E-state index is 12.6. The summed E-state index contributed by atoms with van der Waals surface area (Å²) in [5.41, 5.74) is -0.449. The molecule has 2 fully saturated rings. The molecule has 5 nitrogen and oxygen atoms in total. The van der Waals surface area contributed by atoms with Gasteiger partial charge >= 0.3 is 0 Å². The normalized spacial score (nSPS) is 37.9. The second kappa shape index (κ2) is 3.77. The van der Waals surface area contributed by atoms with Crippen LogP contribution in [0.2, 0.25) is 0 Å². The van der Waals surface area contributed by atoms with Crippen molar-refractivity contribution in [1.29, 1.82) is 0 Å². The molecule has 3 heterocycles. The minimum atomic E-state index is -1.02. The number of nitrogens with zero attached hydrogens (tertiary/aromatic N) is 1. The molecule has 20 heavy (non-hydrogen) atoms. The first-order chi connectivity index (χ1) is 9.68. The molecule has 0 aliphatic carbocycles. The molecule has 3 aliphatic heterocycles. The molecule has 3 aliphatic rings. The van der Waals surface area contributed by atoms with Crippen LogP contribution < -0.4 is 4.90 Å². The number of imide groups is 1. The molecule has 4 rings (SSSR count). The lowest BCUT2D eigenvalue weighted by molar-refractivity contribution is -0.128. The Morgan fingerprint density at radius 2 is 1.95 bits per heavy atom. The number of aliphatic hydroxyl groups excluding tert-OH is 1. The number of para-hydroxylation sites is 1. The van der Waals surface area contributed by atoms with Gasteiger partial charge in [-0.1, -0.05) is 30.4 Å². The topological polar surface area (TPSA) is 66.8 Å². The lowest BCUT2D eigenvalue weighted by Crippen LogP contribution is -2.43. The maximum Gasteiger partial charge on any atom is 0.241 e.